The van der Waals surface area contributed by atoms with Gasteiger partial charge in [0.25, 0.3) is 0 Å². The van der Waals surface area contributed by atoms with Crippen LogP contribution in [0.2, 0.25) is 0 Å². The van der Waals surface area contributed by atoms with Crippen molar-refractivity contribution in [2.45, 2.75) is 39.3 Å². The lowest BCUT2D eigenvalue weighted by molar-refractivity contribution is -0.134. The van der Waals surface area contributed by atoms with Crippen LogP contribution in [-0.2, 0) is 9.59 Å². The number of amides is 2. The first-order chi connectivity index (χ1) is 7.47. The minimum Gasteiger partial charge on any atom is -0.339 e. The summed E-state index contributed by atoms with van der Waals surface area (Å²) in [6, 6.07) is 0.323. The van der Waals surface area contributed by atoms with Gasteiger partial charge in [0.15, 0.2) is 0 Å². The zero-order valence-electron chi connectivity index (χ0n) is 10.3. The van der Waals surface area contributed by atoms with E-state index in [-0.39, 0.29) is 30.4 Å². The number of nitrogens with two attached hydrogens (primary N) is 1. The SMILES string of the molecule is CC(=O)N(C(C)C)C1CCN(C(=O)CN)C1. The van der Waals surface area contributed by atoms with Crippen LogP contribution in [0.5, 0.6) is 0 Å². The third kappa shape index (κ3) is 2.72. The zero-order chi connectivity index (χ0) is 12.3. The van der Waals surface area contributed by atoms with Crippen molar-refractivity contribution in [3.05, 3.63) is 0 Å². The molecule has 2 N–H and O–H groups in total. The van der Waals surface area contributed by atoms with Crippen molar-refractivity contribution in [2.24, 2.45) is 5.73 Å². The van der Waals surface area contributed by atoms with E-state index in [4.69, 9.17) is 5.73 Å². The lowest BCUT2D eigenvalue weighted by Crippen LogP contribution is -2.46. The van der Waals surface area contributed by atoms with Gasteiger partial charge in [-0.25, -0.2) is 0 Å². The Morgan fingerprint density at radius 1 is 1.50 bits per heavy atom. The highest BCUT2D eigenvalue weighted by Crippen LogP contribution is 2.18. The lowest BCUT2D eigenvalue weighted by atomic mass is 10.1. The molecule has 0 saturated carbocycles. The van der Waals surface area contributed by atoms with E-state index in [0.29, 0.717) is 13.1 Å². The first-order valence-electron chi connectivity index (χ1n) is 5.74. The number of carbonyl (C=O) groups is 2. The van der Waals surface area contributed by atoms with E-state index >= 15 is 0 Å². The molecular weight excluding hydrogens is 206 g/mol. The van der Waals surface area contributed by atoms with Crippen molar-refractivity contribution >= 4 is 11.8 Å². The minimum absolute atomic E-state index is 0.0326. The Kier molecular flexibility index (Phi) is 4.29. The smallest absolute Gasteiger partial charge is 0.236 e. The predicted molar refractivity (Wildman–Crippen MR) is 61.7 cm³/mol. The van der Waals surface area contributed by atoms with Crippen LogP contribution in [0.4, 0.5) is 0 Å². The van der Waals surface area contributed by atoms with Crippen LogP contribution in [0.1, 0.15) is 27.2 Å². The molecule has 1 rings (SSSR count). The highest BCUT2D eigenvalue weighted by Gasteiger charge is 2.32. The van der Waals surface area contributed by atoms with Crippen molar-refractivity contribution in [1.82, 2.24) is 9.80 Å². The van der Waals surface area contributed by atoms with E-state index in [2.05, 4.69) is 0 Å². The number of nitrogens with zero attached hydrogens (tertiary/aromatic N) is 2. The van der Waals surface area contributed by atoms with Gasteiger partial charge in [-0.1, -0.05) is 0 Å². The van der Waals surface area contributed by atoms with E-state index < -0.39 is 0 Å². The first kappa shape index (κ1) is 13.0. The van der Waals surface area contributed by atoms with Gasteiger partial charge in [-0.05, 0) is 20.3 Å². The Labute approximate surface area is 96.6 Å². The molecule has 1 fully saturated rings. The number of hydrogen-bond donors (Lipinski definition) is 1. The molecule has 1 atom stereocenters. The van der Waals surface area contributed by atoms with Gasteiger partial charge < -0.3 is 15.5 Å². The van der Waals surface area contributed by atoms with Crippen molar-refractivity contribution < 1.29 is 9.59 Å². The summed E-state index contributed by atoms with van der Waals surface area (Å²) in [6.07, 6.45) is 0.851. The summed E-state index contributed by atoms with van der Waals surface area (Å²) in [4.78, 5) is 26.5. The minimum atomic E-state index is -0.0326. The van der Waals surface area contributed by atoms with Crippen LogP contribution >= 0.6 is 0 Å². The van der Waals surface area contributed by atoms with E-state index in [1.807, 2.05) is 18.7 Å². The molecule has 5 heteroatoms. The van der Waals surface area contributed by atoms with Crippen molar-refractivity contribution in [3.63, 3.8) is 0 Å². The van der Waals surface area contributed by atoms with Gasteiger partial charge >= 0.3 is 0 Å². The van der Waals surface area contributed by atoms with Crippen molar-refractivity contribution in [3.8, 4) is 0 Å². The monoisotopic (exact) mass is 227 g/mol. The Bertz CT molecular complexity index is 278. The summed E-state index contributed by atoms with van der Waals surface area (Å²) >= 11 is 0. The molecule has 2 amide bonds. The van der Waals surface area contributed by atoms with E-state index in [1.165, 1.54) is 0 Å². The summed E-state index contributed by atoms with van der Waals surface area (Å²) in [6.45, 7) is 6.94. The van der Waals surface area contributed by atoms with Crippen LogP contribution in [0, 0.1) is 0 Å². The molecule has 92 valence electrons. The fourth-order valence-electron chi connectivity index (χ4n) is 2.37. The second-order valence-corrected chi connectivity index (χ2v) is 4.51. The normalized spacial score (nSPS) is 20.3. The van der Waals surface area contributed by atoms with Crippen LogP contribution in [-0.4, -0.2) is 53.3 Å². The highest BCUT2D eigenvalue weighted by atomic mass is 16.2. The van der Waals surface area contributed by atoms with Crippen molar-refractivity contribution in [1.29, 1.82) is 0 Å². The standard InChI is InChI=1S/C11H21N3O2/c1-8(2)14(9(3)15)10-4-5-13(7-10)11(16)6-12/h8,10H,4-7,12H2,1-3H3. The molecule has 5 nitrogen and oxygen atoms in total. The van der Waals surface area contributed by atoms with Crippen molar-refractivity contribution in [2.75, 3.05) is 19.6 Å². The molecule has 16 heavy (non-hydrogen) atoms. The molecular formula is C11H21N3O2. The van der Waals surface area contributed by atoms with Gasteiger partial charge in [-0.3, -0.25) is 9.59 Å². The summed E-state index contributed by atoms with van der Waals surface area (Å²) in [7, 11) is 0. The summed E-state index contributed by atoms with van der Waals surface area (Å²) in [5.41, 5.74) is 5.32. The summed E-state index contributed by atoms with van der Waals surface area (Å²) in [5.74, 6) is 0.0387. The predicted octanol–water partition coefficient (Wildman–Crippen LogP) is -0.197. The molecule has 0 aliphatic carbocycles. The zero-order valence-corrected chi connectivity index (χ0v) is 10.3. The molecule has 1 heterocycles. The Morgan fingerprint density at radius 3 is 2.56 bits per heavy atom. The van der Waals surface area contributed by atoms with Gasteiger partial charge in [0.2, 0.25) is 11.8 Å². The molecule has 1 aliphatic heterocycles. The fourth-order valence-corrected chi connectivity index (χ4v) is 2.37. The summed E-state index contributed by atoms with van der Waals surface area (Å²) in [5, 5.41) is 0. The molecule has 0 aromatic heterocycles. The Morgan fingerprint density at radius 2 is 2.12 bits per heavy atom. The number of carbonyl (C=O) groups excluding carboxylic acids is 2. The number of rotatable bonds is 3. The fraction of sp³-hybridized carbons (Fsp3) is 0.818. The van der Waals surface area contributed by atoms with E-state index in [1.54, 1.807) is 11.8 Å². The van der Waals surface area contributed by atoms with Gasteiger partial charge in [0, 0.05) is 26.1 Å². The quantitative estimate of drug-likeness (QED) is 0.726. The number of hydrogen-bond acceptors (Lipinski definition) is 3. The van der Waals surface area contributed by atoms with Crippen LogP contribution in [0.15, 0.2) is 0 Å². The summed E-state index contributed by atoms with van der Waals surface area (Å²) < 4.78 is 0. The van der Waals surface area contributed by atoms with Gasteiger partial charge in [-0.15, -0.1) is 0 Å². The Balaban J connectivity index is 2.63. The molecule has 0 radical (unpaired) electrons. The van der Waals surface area contributed by atoms with Gasteiger partial charge in [0.1, 0.15) is 0 Å². The molecule has 0 aromatic carbocycles. The van der Waals surface area contributed by atoms with Crippen LogP contribution in [0.25, 0.3) is 0 Å². The third-order valence-corrected chi connectivity index (χ3v) is 3.00. The maximum atomic E-state index is 11.5. The topological polar surface area (TPSA) is 66.6 Å². The van der Waals surface area contributed by atoms with E-state index in [9.17, 15) is 9.59 Å². The van der Waals surface area contributed by atoms with E-state index in [0.717, 1.165) is 6.42 Å². The largest absolute Gasteiger partial charge is 0.339 e. The number of likely N-dealkylation sites (tertiary alicyclic amines) is 1. The molecule has 0 bridgehead atoms. The third-order valence-electron chi connectivity index (χ3n) is 3.00. The maximum absolute atomic E-state index is 11.5. The molecule has 0 aromatic rings. The second kappa shape index (κ2) is 5.30. The molecule has 0 spiro atoms. The maximum Gasteiger partial charge on any atom is 0.236 e. The van der Waals surface area contributed by atoms with Crippen LogP contribution in [0.3, 0.4) is 0 Å². The Hall–Kier alpha value is -1.10. The van der Waals surface area contributed by atoms with Gasteiger partial charge in [-0.2, -0.15) is 0 Å². The lowest BCUT2D eigenvalue weighted by Gasteiger charge is -2.31. The van der Waals surface area contributed by atoms with Gasteiger partial charge in [0.05, 0.1) is 12.6 Å². The molecule has 1 saturated heterocycles. The molecule has 1 unspecified atom stereocenters. The molecule has 1 aliphatic rings. The highest BCUT2D eigenvalue weighted by molar-refractivity contribution is 5.79. The average Bonchev–Trinajstić information content (AvgIpc) is 2.64. The second-order valence-electron chi connectivity index (χ2n) is 4.51. The average molecular weight is 227 g/mol. The first-order valence-corrected chi connectivity index (χ1v) is 5.74. The van der Waals surface area contributed by atoms with Crippen LogP contribution < -0.4 is 5.73 Å².